The van der Waals surface area contributed by atoms with Gasteiger partial charge < -0.3 is 5.32 Å². The first-order valence-electron chi connectivity index (χ1n) is 5.13. The highest BCUT2D eigenvalue weighted by molar-refractivity contribution is 9.10. The van der Waals surface area contributed by atoms with Crippen LogP contribution >= 0.6 is 50.7 Å². The fourth-order valence-electron chi connectivity index (χ4n) is 1.48. The molecule has 2 aromatic rings. The topological polar surface area (TPSA) is 35.8 Å². The molecule has 0 aliphatic heterocycles. The molecule has 96 valence electrons. The minimum absolute atomic E-state index is 0.375. The van der Waals surface area contributed by atoms with E-state index >= 15 is 0 Å². The van der Waals surface area contributed by atoms with Gasteiger partial charge >= 0.3 is 0 Å². The van der Waals surface area contributed by atoms with Crippen molar-refractivity contribution < 1.29 is 0 Å². The van der Waals surface area contributed by atoms with Crippen LogP contribution < -0.4 is 5.32 Å². The van der Waals surface area contributed by atoms with Gasteiger partial charge in [-0.15, -0.1) is 0 Å². The monoisotopic (exact) mass is 374 g/mol. The van der Waals surface area contributed by atoms with Gasteiger partial charge in [0.15, 0.2) is 0 Å². The SMILES string of the molecule is N#Cc1ccc(Cl)cc1Nc1ccc(Br)c(Cl)c1Cl. The van der Waals surface area contributed by atoms with Crippen LogP contribution in [0, 0.1) is 11.3 Å². The molecule has 0 amide bonds. The van der Waals surface area contributed by atoms with Gasteiger partial charge in [0, 0.05) is 9.50 Å². The van der Waals surface area contributed by atoms with Gasteiger partial charge in [-0.3, -0.25) is 0 Å². The molecular formula is C13H6BrCl3N2. The average molecular weight is 376 g/mol. The molecule has 2 aromatic carbocycles. The van der Waals surface area contributed by atoms with Crippen LogP contribution in [0.15, 0.2) is 34.8 Å². The fourth-order valence-corrected chi connectivity index (χ4v) is 2.48. The normalized spacial score (nSPS) is 10.1. The van der Waals surface area contributed by atoms with Gasteiger partial charge in [-0.1, -0.05) is 34.8 Å². The molecule has 0 atom stereocenters. The Balaban J connectivity index is 2.45. The van der Waals surface area contributed by atoms with Crippen LogP contribution in [0.4, 0.5) is 11.4 Å². The van der Waals surface area contributed by atoms with Crippen molar-refractivity contribution in [3.8, 4) is 6.07 Å². The van der Waals surface area contributed by atoms with E-state index in [0.717, 1.165) is 0 Å². The number of halogens is 4. The molecule has 0 aromatic heterocycles. The number of anilines is 2. The Kier molecular flexibility index (Phi) is 4.59. The minimum Gasteiger partial charge on any atom is -0.353 e. The van der Waals surface area contributed by atoms with Gasteiger partial charge in [0.2, 0.25) is 0 Å². The van der Waals surface area contributed by atoms with E-state index in [2.05, 4.69) is 27.3 Å². The van der Waals surface area contributed by atoms with Crippen LogP contribution in [0.25, 0.3) is 0 Å². The van der Waals surface area contributed by atoms with Crippen molar-refractivity contribution in [1.29, 1.82) is 5.26 Å². The Morgan fingerprint density at radius 3 is 2.42 bits per heavy atom. The summed E-state index contributed by atoms with van der Waals surface area (Å²) in [5.74, 6) is 0. The molecule has 0 unspecified atom stereocenters. The van der Waals surface area contributed by atoms with E-state index in [-0.39, 0.29) is 0 Å². The van der Waals surface area contributed by atoms with E-state index in [0.29, 0.717) is 36.5 Å². The van der Waals surface area contributed by atoms with Crippen molar-refractivity contribution >= 4 is 62.1 Å². The van der Waals surface area contributed by atoms with Gasteiger partial charge in [-0.25, -0.2) is 0 Å². The molecule has 1 N–H and O–H groups in total. The van der Waals surface area contributed by atoms with Crippen molar-refractivity contribution in [1.82, 2.24) is 0 Å². The minimum atomic E-state index is 0.375. The van der Waals surface area contributed by atoms with Crippen LogP contribution in [-0.2, 0) is 0 Å². The number of nitrogens with zero attached hydrogens (tertiary/aromatic N) is 1. The van der Waals surface area contributed by atoms with Gasteiger partial charge in [0.25, 0.3) is 0 Å². The third-order valence-electron chi connectivity index (χ3n) is 2.41. The van der Waals surface area contributed by atoms with Gasteiger partial charge in [0.1, 0.15) is 6.07 Å². The van der Waals surface area contributed by atoms with Crippen molar-refractivity contribution in [3.63, 3.8) is 0 Å². The zero-order valence-electron chi connectivity index (χ0n) is 9.35. The number of nitrogens with one attached hydrogen (secondary N) is 1. The molecule has 0 fully saturated rings. The van der Waals surface area contributed by atoms with Crippen molar-refractivity contribution in [3.05, 3.63) is 55.4 Å². The van der Waals surface area contributed by atoms with E-state index < -0.39 is 0 Å². The van der Waals surface area contributed by atoms with E-state index in [1.54, 1.807) is 30.3 Å². The first-order valence-corrected chi connectivity index (χ1v) is 7.06. The molecule has 0 aliphatic carbocycles. The molecule has 0 aliphatic rings. The molecule has 2 nitrogen and oxygen atoms in total. The Labute approximate surface area is 134 Å². The third kappa shape index (κ3) is 3.16. The molecule has 0 radical (unpaired) electrons. The van der Waals surface area contributed by atoms with E-state index in [1.165, 1.54) is 0 Å². The summed E-state index contributed by atoms with van der Waals surface area (Å²) < 4.78 is 0.705. The smallest absolute Gasteiger partial charge is 0.101 e. The molecule has 0 heterocycles. The summed E-state index contributed by atoms with van der Waals surface area (Å²) in [6.45, 7) is 0. The van der Waals surface area contributed by atoms with E-state index in [4.69, 9.17) is 40.1 Å². The first kappa shape index (κ1) is 14.5. The van der Waals surface area contributed by atoms with Gasteiger partial charge in [-0.05, 0) is 46.3 Å². The standard InChI is InChI=1S/C13H6BrCl3N2/c14-9-3-4-10(13(17)12(9)16)19-11-5-8(15)2-1-7(11)6-18/h1-5,19H. The van der Waals surface area contributed by atoms with Gasteiger partial charge in [-0.2, -0.15) is 5.26 Å². The largest absolute Gasteiger partial charge is 0.353 e. The van der Waals surface area contributed by atoms with Crippen LogP contribution in [-0.4, -0.2) is 0 Å². The summed E-state index contributed by atoms with van der Waals surface area (Å²) in [7, 11) is 0. The lowest BCUT2D eigenvalue weighted by Gasteiger charge is -2.12. The Hall–Kier alpha value is -0.920. The summed E-state index contributed by atoms with van der Waals surface area (Å²) in [5.41, 5.74) is 1.66. The van der Waals surface area contributed by atoms with Crippen molar-refractivity contribution in [2.75, 3.05) is 5.32 Å². The van der Waals surface area contributed by atoms with Crippen LogP contribution in [0.5, 0.6) is 0 Å². The van der Waals surface area contributed by atoms with Crippen LogP contribution in [0.1, 0.15) is 5.56 Å². The Morgan fingerprint density at radius 2 is 1.74 bits per heavy atom. The lowest BCUT2D eigenvalue weighted by Crippen LogP contribution is -1.95. The maximum absolute atomic E-state index is 9.06. The second kappa shape index (κ2) is 6.02. The fraction of sp³-hybridized carbons (Fsp3) is 0. The van der Waals surface area contributed by atoms with Crippen molar-refractivity contribution in [2.45, 2.75) is 0 Å². The van der Waals surface area contributed by atoms with Crippen molar-refractivity contribution in [2.24, 2.45) is 0 Å². The Morgan fingerprint density at radius 1 is 1.00 bits per heavy atom. The summed E-state index contributed by atoms with van der Waals surface area (Å²) in [6, 6.07) is 10.6. The highest BCUT2D eigenvalue weighted by Crippen LogP contribution is 2.37. The predicted octanol–water partition coefficient (Wildman–Crippen LogP) is 6.02. The second-order valence-corrected chi connectivity index (χ2v) is 5.70. The number of rotatable bonds is 2. The average Bonchev–Trinajstić information content (AvgIpc) is 2.40. The lowest BCUT2D eigenvalue weighted by molar-refractivity contribution is 1.46. The van der Waals surface area contributed by atoms with Gasteiger partial charge in [0.05, 0.1) is 27.0 Å². The zero-order chi connectivity index (χ0) is 14.0. The zero-order valence-corrected chi connectivity index (χ0v) is 13.2. The predicted molar refractivity (Wildman–Crippen MR) is 83.6 cm³/mol. The molecule has 2 rings (SSSR count). The lowest BCUT2D eigenvalue weighted by atomic mass is 10.2. The molecule has 0 bridgehead atoms. The third-order valence-corrected chi connectivity index (χ3v) is 4.41. The highest BCUT2D eigenvalue weighted by atomic mass is 79.9. The maximum Gasteiger partial charge on any atom is 0.101 e. The quantitative estimate of drug-likeness (QED) is 0.650. The number of benzene rings is 2. The molecule has 19 heavy (non-hydrogen) atoms. The van der Waals surface area contributed by atoms with Crippen LogP contribution in [0.3, 0.4) is 0 Å². The number of nitriles is 1. The Bertz CT molecular complexity index is 680. The van der Waals surface area contributed by atoms with Crippen LogP contribution in [0.2, 0.25) is 15.1 Å². The molecule has 0 saturated carbocycles. The molecule has 6 heteroatoms. The summed E-state index contributed by atoms with van der Waals surface area (Å²) in [6.07, 6.45) is 0. The summed E-state index contributed by atoms with van der Waals surface area (Å²) in [5, 5.41) is 13.4. The molecular weight excluding hydrogens is 370 g/mol. The molecule has 0 saturated heterocycles. The summed E-state index contributed by atoms with van der Waals surface area (Å²) in [4.78, 5) is 0. The summed E-state index contributed by atoms with van der Waals surface area (Å²) >= 11 is 21.4. The maximum atomic E-state index is 9.06. The van der Waals surface area contributed by atoms with E-state index in [9.17, 15) is 0 Å². The first-order chi connectivity index (χ1) is 9.02. The number of hydrogen-bond donors (Lipinski definition) is 1. The highest BCUT2D eigenvalue weighted by Gasteiger charge is 2.10. The number of hydrogen-bond acceptors (Lipinski definition) is 2. The second-order valence-electron chi connectivity index (χ2n) is 3.65. The van der Waals surface area contributed by atoms with E-state index in [1.807, 2.05) is 0 Å². The molecule has 0 spiro atoms.